The van der Waals surface area contributed by atoms with Crippen molar-refractivity contribution in [3.8, 4) is 0 Å². The summed E-state index contributed by atoms with van der Waals surface area (Å²) in [5.74, 6) is -1.75. The molecule has 1 saturated carbocycles. The molecule has 7 nitrogen and oxygen atoms in total. The highest BCUT2D eigenvalue weighted by molar-refractivity contribution is 7.89. The number of anilines is 1. The van der Waals surface area contributed by atoms with Gasteiger partial charge in [-0.2, -0.15) is 0 Å². The van der Waals surface area contributed by atoms with Gasteiger partial charge in [-0.15, -0.1) is 0 Å². The molecule has 190 valence electrons. The summed E-state index contributed by atoms with van der Waals surface area (Å²) in [6.07, 6.45) is 4.97. The van der Waals surface area contributed by atoms with Crippen LogP contribution in [0.25, 0.3) is 0 Å². The number of hydrogen-bond acceptors (Lipinski definition) is 4. The summed E-state index contributed by atoms with van der Waals surface area (Å²) in [5, 5.41) is 5.51. The minimum atomic E-state index is -4.07. The lowest BCUT2D eigenvalue weighted by molar-refractivity contribution is -0.130. The van der Waals surface area contributed by atoms with Crippen LogP contribution in [0.5, 0.6) is 0 Å². The Balaban J connectivity index is 1.77. The van der Waals surface area contributed by atoms with Crippen LogP contribution in [0.2, 0.25) is 0 Å². The normalized spacial score (nSPS) is 15.9. The first-order chi connectivity index (χ1) is 16.4. The molecule has 1 fully saturated rings. The van der Waals surface area contributed by atoms with E-state index in [0.29, 0.717) is 0 Å². The second kappa shape index (κ2) is 11.3. The quantitative estimate of drug-likeness (QED) is 0.503. The van der Waals surface area contributed by atoms with Crippen molar-refractivity contribution < 1.29 is 22.4 Å². The summed E-state index contributed by atoms with van der Waals surface area (Å²) >= 11 is 0. The molecule has 0 aliphatic heterocycles. The molecule has 9 heteroatoms. The third-order valence-electron chi connectivity index (χ3n) is 5.82. The van der Waals surface area contributed by atoms with E-state index in [2.05, 4.69) is 15.4 Å². The molecule has 2 aromatic carbocycles. The smallest absolute Gasteiger partial charge is 0.247 e. The number of sulfonamides is 1. The van der Waals surface area contributed by atoms with Crippen molar-refractivity contribution in [2.75, 3.05) is 5.32 Å². The molecule has 1 atom stereocenters. The minimum Gasteiger partial charge on any atom is -0.344 e. The van der Waals surface area contributed by atoms with E-state index < -0.39 is 38.2 Å². The largest absolute Gasteiger partial charge is 0.344 e. The second-order valence-electron chi connectivity index (χ2n) is 10.1. The molecule has 1 aliphatic carbocycles. The lowest BCUT2D eigenvalue weighted by Gasteiger charge is -2.25. The van der Waals surface area contributed by atoms with E-state index in [-0.39, 0.29) is 23.9 Å². The Morgan fingerprint density at radius 1 is 1.03 bits per heavy atom. The number of carbonyl (C=O) groups excluding carboxylic acids is 2. The third kappa shape index (κ3) is 7.86. The van der Waals surface area contributed by atoms with E-state index in [1.165, 1.54) is 6.07 Å². The fourth-order valence-electron chi connectivity index (χ4n) is 4.20. The van der Waals surface area contributed by atoms with Crippen LogP contribution in [0, 0.1) is 11.7 Å². The van der Waals surface area contributed by atoms with Crippen LogP contribution in [-0.4, -0.2) is 31.8 Å². The van der Waals surface area contributed by atoms with Gasteiger partial charge in [0.15, 0.2) is 0 Å². The fourth-order valence-corrected chi connectivity index (χ4v) is 5.68. The maximum Gasteiger partial charge on any atom is 0.247 e. The minimum absolute atomic E-state index is 0.104. The predicted octanol–water partition coefficient (Wildman–Crippen LogP) is 4.15. The van der Waals surface area contributed by atoms with Crippen molar-refractivity contribution in [2.45, 2.75) is 75.8 Å². The number of hydrogen-bond donors (Lipinski definition) is 3. The average Bonchev–Trinajstić information content (AvgIpc) is 2.78. The van der Waals surface area contributed by atoms with E-state index in [1.54, 1.807) is 20.8 Å². The molecule has 0 radical (unpaired) electrons. The summed E-state index contributed by atoms with van der Waals surface area (Å²) < 4.78 is 42.1. The van der Waals surface area contributed by atoms with Gasteiger partial charge in [0, 0.05) is 23.6 Å². The van der Waals surface area contributed by atoms with Crippen LogP contribution < -0.4 is 15.4 Å². The Morgan fingerprint density at radius 3 is 2.29 bits per heavy atom. The Bertz CT molecular complexity index is 1140. The summed E-state index contributed by atoms with van der Waals surface area (Å²) in [5.41, 5.74) is 0.198. The van der Waals surface area contributed by atoms with Crippen LogP contribution in [0.1, 0.15) is 58.4 Å². The molecule has 0 aromatic heterocycles. The highest BCUT2D eigenvalue weighted by Crippen LogP contribution is 2.24. The molecular formula is C26H34FN3O4S. The maximum absolute atomic E-state index is 14.7. The lowest BCUT2D eigenvalue weighted by atomic mass is 9.88. The Kier molecular flexibility index (Phi) is 8.66. The van der Waals surface area contributed by atoms with Gasteiger partial charge < -0.3 is 10.6 Å². The number of carbonyl (C=O) groups is 2. The van der Waals surface area contributed by atoms with Gasteiger partial charge in [-0.25, -0.2) is 17.5 Å². The SMILES string of the molecule is CC(C)(C)NS(=O)(=O)c1ccc(NC(=O)C(Cc2ccccc2)NC(=O)C2CCCCC2)cc1F. The van der Waals surface area contributed by atoms with Crippen LogP contribution in [0.15, 0.2) is 53.4 Å². The zero-order valence-electron chi connectivity index (χ0n) is 20.4. The van der Waals surface area contributed by atoms with Crippen molar-refractivity contribution in [3.05, 3.63) is 59.9 Å². The Labute approximate surface area is 206 Å². The van der Waals surface area contributed by atoms with E-state index in [1.807, 2.05) is 30.3 Å². The van der Waals surface area contributed by atoms with Crippen LogP contribution in [0.3, 0.4) is 0 Å². The number of nitrogens with one attached hydrogen (secondary N) is 3. The molecule has 2 amide bonds. The highest BCUT2D eigenvalue weighted by Gasteiger charge is 2.28. The number of benzene rings is 2. The maximum atomic E-state index is 14.7. The predicted molar refractivity (Wildman–Crippen MR) is 134 cm³/mol. The van der Waals surface area contributed by atoms with E-state index in [0.717, 1.165) is 49.8 Å². The lowest BCUT2D eigenvalue weighted by Crippen LogP contribution is -2.47. The number of rotatable bonds is 8. The van der Waals surface area contributed by atoms with Gasteiger partial charge in [-0.05, 0) is 57.4 Å². The topological polar surface area (TPSA) is 104 Å². The van der Waals surface area contributed by atoms with Gasteiger partial charge in [0.25, 0.3) is 0 Å². The summed E-state index contributed by atoms with van der Waals surface area (Å²) in [6.45, 7) is 4.97. The summed E-state index contributed by atoms with van der Waals surface area (Å²) in [6, 6.07) is 11.9. The van der Waals surface area contributed by atoms with Crippen molar-refractivity contribution in [3.63, 3.8) is 0 Å². The van der Waals surface area contributed by atoms with E-state index in [4.69, 9.17) is 0 Å². The van der Waals surface area contributed by atoms with Crippen molar-refractivity contribution in [1.29, 1.82) is 0 Å². The average molecular weight is 504 g/mol. The van der Waals surface area contributed by atoms with Gasteiger partial charge in [0.05, 0.1) is 0 Å². The first kappa shape index (κ1) is 26.8. The number of amides is 2. The van der Waals surface area contributed by atoms with E-state index >= 15 is 0 Å². The van der Waals surface area contributed by atoms with Crippen molar-refractivity contribution in [2.24, 2.45) is 5.92 Å². The van der Waals surface area contributed by atoms with Crippen LogP contribution in [-0.2, 0) is 26.0 Å². The second-order valence-corrected chi connectivity index (χ2v) is 11.7. The number of halogens is 1. The molecule has 0 spiro atoms. The van der Waals surface area contributed by atoms with Crippen molar-refractivity contribution in [1.82, 2.24) is 10.0 Å². The molecule has 1 unspecified atom stereocenters. The molecule has 3 rings (SSSR count). The highest BCUT2D eigenvalue weighted by atomic mass is 32.2. The Hall–Kier alpha value is -2.78. The zero-order valence-corrected chi connectivity index (χ0v) is 21.3. The van der Waals surface area contributed by atoms with Crippen molar-refractivity contribution >= 4 is 27.5 Å². The van der Waals surface area contributed by atoms with Gasteiger partial charge >= 0.3 is 0 Å². The molecule has 35 heavy (non-hydrogen) atoms. The van der Waals surface area contributed by atoms with Gasteiger partial charge in [-0.3, -0.25) is 9.59 Å². The van der Waals surface area contributed by atoms with E-state index in [9.17, 15) is 22.4 Å². The van der Waals surface area contributed by atoms with Crippen LogP contribution >= 0.6 is 0 Å². The molecular weight excluding hydrogens is 469 g/mol. The summed E-state index contributed by atoms with van der Waals surface area (Å²) in [4.78, 5) is 25.5. The zero-order chi connectivity index (χ0) is 25.6. The first-order valence-corrected chi connectivity index (χ1v) is 13.4. The van der Waals surface area contributed by atoms with Gasteiger partial charge in [0.1, 0.15) is 16.8 Å². The van der Waals surface area contributed by atoms with Gasteiger partial charge in [-0.1, -0.05) is 49.6 Å². The molecule has 1 aliphatic rings. The molecule has 0 saturated heterocycles. The standard InChI is InChI=1S/C26H34FN3O4S/c1-26(2,3)30-35(33,34)23-15-14-20(17-21(23)27)28-25(32)22(16-18-10-6-4-7-11-18)29-24(31)19-12-8-5-9-13-19/h4,6-7,10-11,14-15,17,19,22,30H,5,8-9,12-13,16H2,1-3H3,(H,28,32)(H,29,31). The fraction of sp³-hybridized carbons (Fsp3) is 0.462. The molecule has 3 N–H and O–H groups in total. The Morgan fingerprint density at radius 2 is 1.69 bits per heavy atom. The third-order valence-corrected chi connectivity index (χ3v) is 7.61. The molecule has 0 bridgehead atoms. The monoisotopic (exact) mass is 503 g/mol. The molecule has 2 aromatic rings. The first-order valence-electron chi connectivity index (χ1n) is 11.9. The summed E-state index contributed by atoms with van der Waals surface area (Å²) in [7, 11) is -4.07. The van der Waals surface area contributed by atoms with Crippen LogP contribution in [0.4, 0.5) is 10.1 Å². The van der Waals surface area contributed by atoms with Gasteiger partial charge in [0.2, 0.25) is 21.8 Å². The molecule has 0 heterocycles.